The Kier molecular flexibility index (Phi) is 3.37. The Labute approximate surface area is 121 Å². The number of H-pyrrole nitrogens is 1. The van der Waals surface area contributed by atoms with Crippen LogP contribution in [0.2, 0.25) is 0 Å². The molecule has 0 radical (unpaired) electrons. The van der Waals surface area contributed by atoms with Crippen molar-refractivity contribution in [3.63, 3.8) is 0 Å². The third kappa shape index (κ3) is 2.49. The summed E-state index contributed by atoms with van der Waals surface area (Å²) in [4.78, 5) is 25.6. The number of amides is 1. The van der Waals surface area contributed by atoms with Crippen LogP contribution in [0.3, 0.4) is 0 Å². The van der Waals surface area contributed by atoms with Gasteiger partial charge in [-0.2, -0.15) is 5.10 Å². The van der Waals surface area contributed by atoms with E-state index in [1.165, 1.54) is 0 Å². The summed E-state index contributed by atoms with van der Waals surface area (Å²) >= 11 is 0. The summed E-state index contributed by atoms with van der Waals surface area (Å²) in [5.74, 6) is -1.27. The van der Waals surface area contributed by atoms with Crippen molar-refractivity contribution < 1.29 is 14.7 Å². The van der Waals surface area contributed by atoms with Crippen LogP contribution in [-0.4, -0.2) is 45.2 Å². The molecule has 0 aliphatic carbocycles. The van der Waals surface area contributed by atoms with E-state index in [1.807, 2.05) is 19.1 Å². The van der Waals surface area contributed by atoms with Crippen LogP contribution in [0.15, 0.2) is 24.4 Å². The Bertz CT molecular complexity index is 694. The van der Waals surface area contributed by atoms with Gasteiger partial charge in [0, 0.05) is 18.5 Å². The third-order valence-corrected chi connectivity index (χ3v) is 4.00. The molecule has 1 aromatic heterocycles. The molecule has 0 bridgehead atoms. The van der Waals surface area contributed by atoms with Gasteiger partial charge in [-0.25, -0.2) is 0 Å². The quantitative estimate of drug-likeness (QED) is 0.881. The van der Waals surface area contributed by atoms with E-state index in [-0.39, 0.29) is 18.4 Å². The fraction of sp³-hybridized carbons (Fsp3) is 0.400. The number of benzene rings is 1. The summed E-state index contributed by atoms with van der Waals surface area (Å²) in [6.45, 7) is 2.84. The van der Waals surface area contributed by atoms with Gasteiger partial charge in [0.1, 0.15) is 0 Å². The number of hydrogen-bond donors (Lipinski definition) is 2. The molecular formula is C15H17N3O3. The normalized spacial score (nSPS) is 22.4. The number of aromatic amines is 1. The number of nitrogens with zero attached hydrogens (tertiary/aromatic N) is 2. The Balaban J connectivity index is 1.90. The highest BCUT2D eigenvalue weighted by molar-refractivity contribution is 6.05. The smallest absolute Gasteiger partial charge is 0.308 e. The number of aromatic nitrogens is 2. The highest BCUT2D eigenvalue weighted by Crippen LogP contribution is 2.25. The minimum absolute atomic E-state index is 0.136. The molecule has 2 unspecified atom stereocenters. The van der Waals surface area contributed by atoms with E-state index in [2.05, 4.69) is 10.2 Å². The number of rotatable bonds is 2. The van der Waals surface area contributed by atoms with Crippen molar-refractivity contribution in [1.29, 1.82) is 0 Å². The van der Waals surface area contributed by atoms with E-state index < -0.39 is 11.9 Å². The number of nitrogens with one attached hydrogen (secondary N) is 1. The molecule has 1 saturated heterocycles. The fourth-order valence-corrected chi connectivity index (χ4v) is 3.01. The molecule has 1 aliphatic heterocycles. The first-order valence-electron chi connectivity index (χ1n) is 7.00. The maximum atomic E-state index is 12.7. The van der Waals surface area contributed by atoms with Gasteiger partial charge in [0.25, 0.3) is 5.91 Å². The van der Waals surface area contributed by atoms with Crippen LogP contribution in [0, 0.1) is 11.8 Å². The molecule has 2 aromatic rings. The van der Waals surface area contributed by atoms with Gasteiger partial charge in [0.2, 0.25) is 0 Å². The summed E-state index contributed by atoms with van der Waals surface area (Å²) in [7, 11) is 0. The SMILES string of the molecule is CC1CC(C(=O)O)CN(C(=O)c2cccc3cn[nH]c23)C1. The molecule has 2 N–H and O–H groups in total. The molecule has 1 amide bonds. The van der Waals surface area contributed by atoms with Gasteiger partial charge in [-0.3, -0.25) is 14.7 Å². The molecule has 6 nitrogen and oxygen atoms in total. The molecule has 0 spiro atoms. The lowest BCUT2D eigenvalue weighted by Gasteiger charge is -2.34. The molecule has 3 rings (SSSR count). The molecule has 6 heteroatoms. The van der Waals surface area contributed by atoms with E-state index in [1.54, 1.807) is 17.2 Å². The van der Waals surface area contributed by atoms with Crippen LogP contribution in [0.1, 0.15) is 23.7 Å². The highest BCUT2D eigenvalue weighted by Gasteiger charge is 2.32. The van der Waals surface area contributed by atoms with Gasteiger partial charge < -0.3 is 10.0 Å². The standard InChI is InChI=1S/C15H17N3O3/c1-9-5-11(15(20)21)8-18(7-9)14(19)12-4-2-3-10-6-16-17-13(10)12/h2-4,6,9,11H,5,7-8H2,1H3,(H,16,17)(H,20,21). The zero-order valence-corrected chi connectivity index (χ0v) is 11.7. The molecule has 1 fully saturated rings. The van der Waals surface area contributed by atoms with Crippen LogP contribution in [0.5, 0.6) is 0 Å². The van der Waals surface area contributed by atoms with Crippen LogP contribution >= 0.6 is 0 Å². The third-order valence-electron chi connectivity index (χ3n) is 4.00. The molecule has 1 aliphatic rings. The van der Waals surface area contributed by atoms with Crippen molar-refractivity contribution in [2.45, 2.75) is 13.3 Å². The number of carbonyl (C=O) groups is 2. The lowest BCUT2D eigenvalue weighted by molar-refractivity contribution is -0.143. The van der Waals surface area contributed by atoms with Gasteiger partial charge in [-0.1, -0.05) is 19.1 Å². The van der Waals surface area contributed by atoms with Gasteiger partial charge in [-0.15, -0.1) is 0 Å². The van der Waals surface area contributed by atoms with Crippen molar-refractivity contribution in [3.8, 4) is 0 Å². The van der Waals surface area contributed by atoms with Crippen LogP contribution < -0.4 is 0 Å². The van der Waals surface area contributed by atoms with Crippen molar-refractivity contribution in [2.24, 2.45) is 11.8 Å². The topological polar surface area (TPSA) is 86.3 Å². The molecule has 21 heavy (non-hydrogen) atoms. The lowest BCUT2D eigenvalue weighted by Crippen LogP contribution is -2.45. The molecule has 2 atom stereocenters. The lowest BCUT2D eigenvalue weighted by atomic mass is 9.90. The average molecular weight is 287 g/mol. The highest BCUT2D eigenvalue weighted by atomic mass is 16.4. The molecular weight excluding hydrogens is 270 g/mol. The molecule has 2 heterocycles. The number of carbonyl (C=O) groups excluding carboxylic acids is 1. The Hall–Kier alpha value is -2.37. The second-order valence-corrected chi connectivity index (χ2v) is 5.73. The van der Waals surface area contributed by atoms with E-state index in [0.717, 1.165) is 5.39 Å². The first kappa shape index (κ1) is 13.6. The van der Waals surface area contributed by atoms with Gasteiger partial charge in [-0.05, 0) is 18.4 Å². The molecule has 1 aromatic carbocycles. The van der Waals surface area contributed by atoms with Gasteiger partial charge in [0.15, 0.2) is 0 Å². The Morgan fingerprint density at radius 2 is 2.19 bits per heavy atom. The van der Waals surface area contributed by atoms with E-state index >= 15 is 0 Å². The maximum absolute atomic E-state index is 12.7. The van der Waals surface area contributed by atoms with E-state index in [9.17, 15) is 14.7 Å². The zero-order valence-electron chi connectivity index (χ0n) is 11.7. The summed E-state index contributed by atoms with van der Waals surface area (Å²) in [5.41, 5.74) is 1.25. The van der Waals surface area contributed by atoms with Crippen LogP contribution in [0.4, 0.5) is 0 Å². The number of carboxylic acid groups (broad SMARTS) is 1. The van der Waals surface area contributed by atoms with Crippen molar-refractivity contribution in [2.75, 3.05) is 13.1 Å². The van der Waals surface area contributed by atoms with Gasteiger partial charge >= 0.3 is 5.97 Å². The minimum Gasteiger partial charge on any atom is -0.481 e. The van der Waals surface area contributed by atoms with Crippen LogP contribution in [-0.2, 0) is 4.79 Å². The second-order valence-electron chi connectivity index (χ2n) is 5.73. The predicted octanol–water partition coefficient (Wildman–Crippen LogP) is 1.75. The Morgan fingerprint density at radius 1 is 1.38 bits per heavy atom. The number of fused-ring (bicyclic) bond motifs is 1. The van der Waals surface area contributed by atoms with Crippen molar-refractivity contribution in [3.05, 3.63) is 30.0 Å². The number of para-hydroxylation sites is 1. The monoisotopic (exact) mass is 287 g/mol. The zero-order chi connectivity index (χ0) is 15.0. The number of piperidine rings is 1. The predicted molar refractivity (Wildman–Crippen MR) is 76.9 cm³/mol. The van der Waals surface area contributed by atoms with Gasteiger partial charge in [0.05, 0.1) is 23.2 Å². The number of aliphatic carboxylic acids is 1. The first-order valence-corrected chi connectivity index (χ1v) is 7.00. The minimum atomic E-state index is -0.834. The fourth-order valence-electron chi connectivity index (χ4n) is 3.01. The summed E-state index contributed by atoms with van der Waals surface area (Å²) in [5, 5.41) is 16.9. The van der Waals surface area contributed by atoms with Crippen molar-refractivity contribution in [1.82, 2.24) is 15.1 Å². The molecule has 0 saturated carbocycles. The van der Waals surface area contributed by atoms with E-state index in [4.69, 9.17) is 0 Å². The summed E-state index contributed by atoms with van der Waals surface area (Å²) in [6.07, 6.45) is 2.29. The largest absolute Gasteiger partial charge is 0.481 e. The number of hydrogen-bond acceptors (Lipinski definition) is 3. The second kappa shape index (κ2) is 5.20. The van der Waals surface area contributed by atoms with Crippen LogP contribution in [0.25, 0.3) is 10.9 Å². The Morgan fingerprint density at radius 3 is 2.95 bits per heavy atom. The first-order chi connectivity index (χ1) is 10.1. The summed E-state index contributed by atoms with van der Waals surface area (Å²) in [6, 6.07) is 5.44. The number of likely N-dealkylation sites (tertiary alicyclic amines) is 1. The molecule has 110 valence electrons. The maximum Gasteiger partial charge on any atom is 0.308 e. The van der Waals surface area contributed by atoms with E-state index in [0.29, 0.717) is 24.0 Å². The summed E-state index contributed by atoms with van der Waals surface area (Å²) < 4.78 is 0. The average Bonchev–Trinajstić information content (AvgIpc) is 2.94. The number of carboxylic acids is 1. The van der Waals surface area contributed by atoms with Crippen molar-refractivity contribution >= 4 is 22.8 Å².